The van der Waals surface area contributed by atoms with Crippen LogP contribution >= 0.6 is 23.1 Å². The Morgan fingerprint density at radius 1 is 1.27 bits per heavy atom. The zero-order valence-corrected chi connectivity index (χ0v) is 14.5. The van der Waals surface area contributed by atoms with Gasteiger partial charge in [0.1, 0.15) is 0 Å². The molecule has 2 aromatic rings. The first-order valence-electron chi connectivity index (χ1n) is 7.56. The molecule has 0 aliphatic carbocycles. The van der Waals surface area contributed by atoms with Crippen molar-refractivity contribution in [3.05, 3.63) is 35.9 Å². The van der Waals surface area contributed by atoms with Crippen LogP contribution in [0, 0.1) is 0 Å². The van der Waals surface area contributed by atoms with E-state index in [0.717, 1.165) is 28.5 Å². The van der Waals surface area contributed by atoms with E-state index in [4.69, 9.17) is 0 Å². The van der Waals surface area contributed by atoms with Gasteiger partial charge in [-0.2, -0.15) is 0 Å². The highest BCUT2D eigenvalue weighted by atomic mass is 32.2. The molecule has 1 aromatic carbocycles. The topological polar surface area (TPSA) is 54.9 Å². The highest BCUT2D eigenvalue weighted by molar-refractivity contribution is 8.01. The molecule has 0 aliphatic heterocycles. The molecule has 1 aromatic heterocycles. The molecule has 0 fully saturated rings. The maximum absolute atomic E-state index is 12.4. The molecule has 118 valence electrons. The Balaban J connectivity index is 1.96. The van der Waals surface area contributed by atoms with Crippen molar-refractivity contribution >= 4 is 34.1 Å². The van der Waals surface area contributed by atoms with Crippen LogP contribution in [0.2, 0.25) is 0 Å². The van der Waals surface area contributed by atoms with Gasteiger partial charge in [0, 0.05) is 5.75 Å². The number of nitrogens with one attached hydrogen (secondary N) is 1. The number of hydrogen-bond donors (Lipinski definition) is 1. The van der Waals surface area contributed by atoms with Crippen LogP contribution in [0.5, 0.6) is 0 Å². The molecule has 0 bridgehead atoms. The lowest BCUT2D eigenvalue weighted by atomic mass is 9.96. The van der Waals surface area contributed by atoms with Crippen molar-refractivity contribution in [3.63, 3.8) is 0 Å². The summed E-state index contributed by atoms with van der Waals surface area (Å²) in [4.78, 5) is 12.4. The number of thioether (sulfide) groups is 1. The van der Waals surface area contributed by atoms with Crippen molar-refractivity contribution in [2.45, 2.75) is 43.4 Å². The lowest BCUT2D eigenvalue weighted by Crippen LogP contribution is -2.20. The van der Waals surface area contributed by atoms with Crippen molar-refractivity contribution in [3.8, 4) is 0 Å². The molecule has 0 aliphatic rings. The van der Waals surface area contributed by atoms with Gasteiger partial charge in [-0.05, 0) is 18.4 Å². The summed E-state index contributed by atoms with van der Waals surface area (Å²) < 4.78 is 0.913. The molecule has 2 rings (SSSR count). The van der Waals surface area contributed by atoms with Gasteiger partial charge in [-0.1, -0.05) is 73.7 Å². The zero-order chi connectivity index (χ0) is 15.8. The third-order valence-electron chi connectivity index (χ3n) is 3.29. The van der Waals surface area contributed by atoms with Crippen molar-refractivity contribution in [2.75, 3.05) is 11.1 Å². The van der Waals surface area contributed by atoms with Gasteiger partial charge < -0.3 is 0 Å². The number of carbonyl (C=O) groups excluding carboxylic acids is 1. The summed E-state index contributed by atoms with van der Waals surface area (Å²) in [6.07, 6.45) is 3.09. The van der Waals surface area contributed by atoms with Crippen molar-refractivity contribution in [1.82, 2.24) is 10.2 Å². The van der Waals surface area contributed by atoms with E-state index in [2.05, 4.69) is 22.4 Å². The molecule has 0 saturated heterocycles. The van der Waals surface area contributed by atoms with Crippen LogP contribution in [-0.4, -0.2) is 21.9 Å². The van der Waals surface area contributed by atoms with Crippen molar-refractivity contribution in [2.24, 2.45) is 0 Å². The van der Waals surface area contributed by atoms with Crippen LogP contribution in [0.3, 0.4) is 0 Å². The SMILES string of the molecule is CCCCSc1nnc(NC(=O)C(CC)c2ccccc2)s1. The summed E-state index contributed by atoms with van der Waals surface area (Å²) in [5.41, 5.74) is 1.03. The molecule has 6 heteroatoms. The summed E-state index contributed by atoms with van der Waals surface area (Å²) in [5.74, 6) is 0.872. The van der Waals surface area contributed by atoms with E-state index in [1.165, 1.54) is 17.8 Å². The Morgan fingerprint density at radius 2 is 2.05 bits per heavy atom. The average Bonchev–Trinajstić information content (AvgIpc) is 2.97. The second-order valence-electron chi connectivity index (χ2n) is 4.94. The molecule has 1 unspecified atom stereocenters. The molecule has 0 radical (unpaired) electrons. The lowest BCUT2D eigenvalue weighted by Gasteiger charge is -2.13. The fourth-order valence-electron chi connectivity index (χ4n) is 2.07. The number of nitrogens with zero attached hydrogens (tertiary/aromatic N) is 2. The number of carbonyl (C=O) groups is 1. The zero-order valence-electron chi connectivity index (χ0n) is 12.9. The van der Waals surface area contributed by atoms with E-state index >= 15 is 0 Å². The predicted molar refractivity (Wildman–Crippen MR) is 93.6 cm³/mol. The Bertz CT molecular complexity index is 586. The lowest BCUT2D eigenvalue weighted by molar-refractivity contribution is -0.117. The number of benzene rings is 1. The number of rotatable bonds is 8. The minimum absolute atomic E-state index is 0.0186. The Kier molecular flexibility index (Phi) is 6.86. The van der Waals surface area contributed by atoms with E-state index in [0.29, 0.717) is 5.13 Å². The maximum atomic E-state index is 12.4. The van der Waals surface area contributed by atoms with Crippen molar-refractivity contribution < 1.29 is 4.79 Å². The largest absolute Gasteiger partial charge is 0.300 e. The van der Waals surface area contributed by atoms with Crippen LogP contribution < -0.4 is 5.32 Å². The summed E-state index contributed by atoms with van der Waals surface area (Å²) >= 11 is 3.14. The fourth-order valence-corrected chi connectivity index (χ4v) is 3.98. The van der Waals surface area contributed by atoms with Crippen LogP contribution in [0.1, 0.15) is 44.6 Å². The molecule has 4 nitrogen and oxygen atoms in total. The summed E-state index contributed by atoms with van der Waals surface area (Å²) in [6.45, 7) is 4.18. The van der Waals surface area contributed by atoms with E-state index < -0.39 is 0 Å². The number of unbranched alkanes of at least 4 members (excludes halogenated alkanes) is 1. The molecule has 1 amide bonds. The molecular formula is C16H21N3OS2. The third-order valence-corrected chi connectivity index (χ3v) is 5.34. The minimum atomic E-state index is -0.152. The maximum Gasteiger partial charge on any atom is 0.233 e. The van der Waals surface area contributed by atoms with Gasteiger partial charge >= 0.3 is 0 Å². The van der Waals surface area contributed by atoms with Gasteiger partial charge in [-0.25, -0.2) is 0 Å². The fraction of sp³-hybridized carbons (Fsp3) is 0.438. The summed E-state index contributed by atoms with van der Waals surface area (Å²) in [5, 5.41) is 11.7. The number of aromatic nitrogens is 2. The van der Waals surface area contributed by atoms with Gasteiger partial charge in [0.25, 0.3) is 0 Å². The molecule has 1 atom stereocenters. The van der Waals surface area contributed by atoms with Crippen LogP contribution in [0.25, 0.3) is 0 Å². The summed E-state index contributed by atoms with van der Waals surface area (Å²) in [6, 6.07) is 9.84. The third kappa shape index (κ3) is 4.81. The number of amides is 1. The number of hydrogen-bond acceptors (Lipinski definition) is 5. The highest BCUT2D eigenvalue weighted by Crippen LogP contribution is 2.28. The second kappa shape index (κ2) is 8.90. The Hall–Kier alpha value is -1.40. The van der Waals surface area contributed by atoms with Gasteiger partial charge in [-0.3, -0.25) is 10.1 Å². The van der Waals surface area contributed by atoms with Gasteiger partial charge in [0.2, 0.25) is 11.0 Å². The van der Waals surface area contributed by atoms with Gasteiger partial charge in [0.15, 0.2) is 4.34 Å². The summed E-state index contributed by atoms with van der Waals surface area (Å²) in [7, 11) is 0. The van der Waals surface area contributed by atoms with Gasteiger partial charge in [-0.15, -0.1) is 10.2 Å². The Morgan fingerprint density at radius 3 is 2.73 bits per heavy atom. The van der Waals surface area contributed by atoms with E-state index in [1.807, 2.05) is 37.3 Å². The van der Waals surface area contributed by atoms with Crippen LogP contribution in [-0.2, 0) is 4.79 Å². The predicted octanol–water partition coefficient (Wildman–Crippen LogP) is 4.56. The molecule has 22 heavy (non-hydrogen) atoms. The smallest absolute Gasteiger partial charge is 0.233 e. The quantitative estimate of drug-likeness (QED) is 0.436. The van der Waals surface area contributed by atoms with E-state index in [1.54, 1.807) is 11.8 Å². The highest BCUT2D eigenvalue weighted by Gasteiger charge is 2.19. The molecule has 1 heterocycles. The standard InChI is InChI=1S/C16H21N3OS2/c1-3-5-11-21-16-19-18-15(22-16)17-14(20)13(4-2)12-9-7-6-8-10-12/h6-10,13H,3-5,11H2,1-2H3,(H,17,18,20). The Labute approximate surface area is 139 Å². The normalized spacial score (nSPS) is 12.1. The monoisotopic (exact) mass is 335 g/mol. The first-order valence-corrected chi connectivity index (χ1v) is 9.36. The van der Waals surface area contributed by atoms with E-state index in [-0.39, 0.29) is 11.8 Å². The molecule has 1 N–H and O–H groups in total. The van der Waals surface area contributed by atoms with E-state index in [9.17, 15) is 4.79 Å². The first kappa shape index (κ1) is 17.0. The second-order valence-corrected chi connectivity index (χ2v) is 7.26. The molecule has 0 spiro atoms. The molecular weight excluding hydrogens is 314 g/mol. The molecule has 0 saturated carbocycles. The number of anilines is 1. The van der Waals surface area contributed by atoms with Gasteiger partial charge in [0.05, 0.1) is 5.92 Å². The minimum Gasteiger partial charge on any atom is -0.300 e. The van der Waals surface area contributed by atoms with Crippen molar-refractivity contribution in [1.29, 1.82) is 0 Å². The average molecular weight is 335 g/mol. The van der Waals surface area contributed by atoms with Crippen LogP contribution in [0.4, 0.5) is 5.13 Å². The first-order chi connectivity index (χ1) is 10.7. The van der Waals surface area contributed by atoms with Crippen LogP contribution in [0.15, 0.2) is 34.7 Å².